The van der Waals surface area contributed by atoms with Crippen molar-refractivity contribution in [2.75, 3.05) is 6.26 Å². The van der Waals surface area contributed by atoms with Crippen molar-refractivity contribution in [3.63, 3.8) is 0 Å². The van der Waals surface area contributed by atoms with Crippen molar-refractivity contribution in [3.05, 3.63) is 58.9 Å². The van der Waals surface area contributed by atoms with Gasteiger partial charge in [-0.25, -0.2) is 13.4 Å². The number of rotatable bonds is 3. The van der Waals surface area contributed by atoms with Crippen molar-refractivity contribution in [2.24, 2.45) is 0 Å². The van der Waals surface area contributed by atoms with E-state index < -0.39 is 21.8 Å². The van der Waals surface area contributed by atoms with Gasteiger partial charge in [-0.2, -0.15) is 13.2 Å². The molecule has 0 fully saturated rings. The van der Waals surface area contributed by atoms with Gasteiger partial charge in [0.25, 0.3) is 0 Å². The number of sulfone groups is 1. The molecule has 0 aliphatic carbocycles. The SMILES string of the molecule is Cc1cc(Cl)cc(-c2nc(C(F)(F)F)[nH]c2-c2ccc(S(C)(=O)=O)cc2)c1. The molecule has 2 aromatic carbocycles. The molecule has 4 nitrogen and oxygen atoms in total. The highest BCUT2D eigenvalue weighted by Crippen LogP contribution is 2.37. The van der Waals surface area contributed by atoms with Crippen LogP contribution in [0, 0.1) is 6.92 Å². The average molecular weight is 415 g/mol. The van der Waals surface area contributed by atoms with Crippen molar-refractivity contribution in [2.45, 2.75) is 18.0 Å². The smallest absolute Gasteiger partial charge is 0.334 e. The Bertz CT molecular complexity index is 1080. The normalized spacial score (nSPS) is 12.4. The van der Waals surface area contributed by atoms with E-state index in [1.807, 2.05) is 0 Å². The summed E-state index contributed by atoms with van der Waals surface area (Å²) in [5.41, 5.74) is 1.78. The number of hydrogen-bond donors (Lipinski definition) is 1. The van der Waals surface area contributed by atoms with Crippen molar-refractivity contribution in [1.29, 1.82) is 0 Å². The van der Waals surface area contributed by atoms with Crippen LogP contribution >= 0.6 is 11.6 Å². The van der Waals surface area contributed by atoms with Gasteiger partial charge in [0.15, 0.2) is 9.84 Å². The quantitative estimate of drug-likeness (QED) is 0.646. The van der Waals surface area contributed by atoms with Crippen LogP contribution in [0.5, 0.6) is 0 Å². The molecule has 0 spiro atoms. The van der Waals surface area contributed by atoms with Gasteiger partial charge in [-0.1, -0.05) is 23.7 Å². The lowest BCUT2D eigenvalue weighted by Crippen LogP contribution is -2.07. The average Bonchev–Trinajstić information content (AvgIpc) is 2.99. The maximum absolute atomic E-state index is 13.2. The minimum absolute atomic E-state index is 0.0713. The summed E-state index contributed by atoms with van der Waals surface area (Å²) in [6.45, 7) is 1.77. The van der Waals surface area contributed by atoms with Gasteiger partial charge in [-0.3, -0.25) is 0 Å². The lowest BCUT2D eigenvalue weighted by molar-refractivity contribution is -0.144. The summed E-state index contributed by atoms with van der Waals surface area (Å²) >= 11 is 6.04. The first-order chi connectivity index (χ1) is 12.4. The van der Waals surface area contributed by atoms with E-state index in [0.717, 1.165) is 11.8 Å². The molecule has 0 aliphatic heterocycles. The molecular formula is C18H14ClF3N2O2S. The minimum Gasteiger partial charge on any atom is -0.334 e. The molecule has 27 heavy (non-hydrogen) atoms. The van der Waals surface area contributed by atoms with Gasteiger partial charge in [0, 0.05) is 22.4 Å². The first kappa shape index (κ1) is 19.4. The fraction of sp³-hybridized carbons (Fsp3) is 0.167. The molecule has 0 unspecified atom stereocenters. The highest BCUT2D eigenvalue weighted by Gasteiger charge is 2.36. The third-order valence-corrected chi connectivity index (χ3v) is 5.21. The summed E-state index contributed by atoms with van der Waals surface area (Å²) in [7, 11) is -3.42. The molecule has 0 amide bonds. The topological polar surface area (TPSA) is 62.8 Å². The van der Waals surface area contributed by atoms with Crippen LogP contribution in [0.15, 0.2) is 47.4 Å². The Morgan fingerprint density at radius 2 is 1.67 bits per heavy atom. The number of hydrogen-bond acceptors (Lipinski definition) is 3. The maximum atomic E-state index is 13.2. The van der Waals surface area contributed by atoms with Gasteiger partial charge in [0.2, 0.25) is 5.82 Å². The van der Waals surface area contributed by atoms with Gasteiger partial charge < -0.3 is 4.98 Å². The third-order valence-electron chi connectivity index (χ3n) is 3.86. The molecule has 0 saturated heterocycles. The van der Waals surface area contributed by atoms with E-state index in [0.29, 0.717) is 16.1 Å². The fourth-order valence-electron chi connectivity index (χ4n) is 2.67. The molecule has 0 aliphatic rings. The first-order valence-corrected chi connectivity index (χ1v) is 9.97. The second-order valence-electron chi connectivity index (χ2n) is 6.12. The lowest BCUT2D eigenvalue weighted by atomic mass is 10.0. The summed E-state index contributed by atoms with van der Waals surface area (Å²) in [6.07, 6.45) is -3.60. The molecule has 1 aromatic heterocycles. The van der Waals surface area contributed by atoms with Gasteiger partial charge in [-0.05, 0) is 42.8 Å². The molecule has 1 heterocycles. The predicted molar refractivity (Wildman–Crippen MR) is 97.3 cm³/mol. The predicted octanol–water partition coefficient (Wildman–Crippen LogP) is 5.13. The van der Waals surface area contributed by atoms with Crippen LogP contribution in [0.2, 0.25) is 5.02 Å². The van der Waals surface area contributed by atoms with E-state index in [2.05, 4.69) is 9.97 Å². The highest BCUT2D eigenvalue weighted by atomic mass is 35.5. The van der Waals surface area contributed by atoms with Crippen molar-refractivity contribution >= 4 is 21.4 Å². The molecule has 1 N–H and O–H groups in total. The zero-order valence-corrected chi connectivity index (χ0v) is 15.8. The zero-order valence-electron chi connectivity index (χ0n) is 14.2. The zero-order chi connectivity index (χ0) is 20.0. The van der Waals surface area contributed by atoms with Crippen LogP contribution in [0.3, 0.4) is 0 Å². The Morgan fingerprint density at radius 3 is 2.19 bits per heavy atom. The summed E-state index contributed by atoms with van der Waals surface area (Å²) < 4.78 is 62.8. The van der Waals surface area contributed by atoms with E-state index in [1.54, 1.807) is 19.1 Å². The third kappa shape index (κ3) is 4.17. The number of aromatic amines is 1. The lowest BCUT2D eigenvalue weighted by Gasteiger charge is -2.06. The van der Waals surface area contributed by atoms with Crippen molar-refractivity contribution in [1.82, 2.24) is 9.97 Å². The van der Waals surface area contributed by atoms with E-state index in [4.69, 9.17) is 11.6 Å². The maximum Gasteiger partial charge on any atom is 0.449 e. The molecule has 0 atom stereocenters. The number of aromatic nitrogens is 2. The standard InChI is InChI=1S/C18H14ClF3N2O2S/c1-10-7-12(9-13(19)8-10)16-15(23-17(24-16)18(20,21)22)11-3-5-14(6-4-11)27(2,25)26/h3-9H,1-2H3,(H,23,24). The number of nitrogens with one attached hydrogen (secondary N) is 1. The Labute approximate surface area is 158 Å². The Hall–Kier alpha value is -2.32. The number of benzene rings is 2. The van der Waals surface area contributed by atoms with Crippen LogP contribution in [-0.4, -0.2) is 24.6 Å². The molecule has 3 aromatic rings. The van der Waals surface area contributed by atoms with Crippen LogP contribution in [0.25, 0.3) is 22.5 Å². The summed E-state index contributed by atoms with van der Waals surface area (Å²) in [6, 6.07) is 10.4. The van der Waals surface area contributed by atoms with Gasteiger partial charge in [0.1, 0.15) is 0 Å². The molecule has 3 rings (SSSR count). The summed E-state index contributed by atoms with van der Waals surface area (Å²) in [4.78, 5) is 6.10. The molecule has 9 heteroatoms. The van der Waals surface area contributed by atoms with Gasteiger partial charge >= 0.3 is 6.18 Å². The van der Waals surface area contributed by atoms with Crippen LogP contribution < -0.4 is 0 Å². The molecule has 0 radical (unpaired) electrons. The Balaban J connectivity index is 2.21. The summed E-state index contributed by atoms with van der Waals surface area (Å²) in [5.74, 6) is -1.14. The van der Waals surface area contributed by atoms with Gasteiger partial charge in [0.05, 0.1) is 16.3 Å². The highest BCUT2D eigenvalue weighted by molar-refractivity contribution is 7.90. The second kappa shape index (κ2) is 6.69. The Morgan fingerprint density at radius 1 is 1.04 bits per heavy atom. The number of aryl methyl sites for hydroxylation is 1. The molecule has 0 saturated carbocycles. The largest absolute Gasteiger partial charge is 0.449 e. The second-order valence-corrected chi connectivity index (χ2v) is 8.57. The number of nitrogens with zero attached hydrogens (tertiary/aromatic N) is 1. The minimum atomic E-state index is -4.66. The first-order valence-electron chi connectivity index (χ1n) is 7.70. The number of H-pyrrole nitrogens is 1. The van der Waals surface area contributed by atoms with Gasteiger partial charge in [-0.15, -0.1) is 0 Å². The molecule has 0 bridgehead atoms. The fourth-order valence-corrected chi connectivity index (χ4v) is 3.59. The number of halogens is 4. The summed E-state index contributed by atoms with van der Waals surface area (Å²) in [5, 5.41) is 0.375. The molecular weight excluding hydrogens is 401 g/mol. The van der Waals surface area contributed by atoms with E-state index in [1.165, 1.54) is 30.3 Å². The van der Waals surface area contributed by atoms with Crippen LogP contribution in [-0.2, 0) is 16.0 Å². The monoisotopic (exact) mass is 414 g/mol. The van der Waals surface area contributed by atoms with E-state index in [-0.39, 0.29) is 16.3 Å². The van der Waals surface area contributed by atoms with E-state index in [9.17, 15) is 21.6 Å². The van der Waals surface area contributed by atoms with Crippen molar-refractivity contribution < 1.29 is 21.6 Å². The molecule has 142 valence electrons. The Kier molecular flexibility index (Phi) is 4.81. The van der Waals surface area contributed by atoms with Crippen LogP contribution in [0.1, 0.15) is 11.4 Å². The number of imidazole rings is 1. The van der Waals surface area contributed by atoms with Crippen LogP contribution in [0.4, 0.5) is 13.2 Å². The number of alkyl halides is 3. The van der Waals surface area contributed by atoms with Crippen molar-refractivity contribution in [3.8, 4) is 22.5 Å². The van der Waals surface area contributed by atoms with E-state index >= 15 is 0 Å².